The first kappa shape index (κ1) is 54.0. The molecule has 4 heterocycles. The first-order chi connectivity index (χ1) is 33.1. The number of likely N-dealkylation sites (tertiary alicyclic amines) is 1. The predicted octanol–water partition coefficient (Wildman–Crippen LogP) is -0.0330. The number of hydrogen-bond acceptors (Lipinski definition) is 18. The second kappa shape index (κ2) is 24.7. The summed E-state index contributed by atoms with van der Waals surface area (Å²) < 4.78 is 48.0. The molecule has 2 aliphatic carbocycles. The minimum Gasteiger partial charge on any atom is -0.477 e. The van der Waals surface area contributed by atoms with Gasteiger partial charge in [0, 0.05) is 42.9 Å². The molecule has 15 atom stereocenters. The smallest absolute Gasteiger partial charge is 0.341 e. The van der Waals surface area contributed by atoms with Crippen LogP contribution < -0.4 is 34.1 Å². The zero-order valence-electron chi connectivity index (χ0n) is 39.6. The molecule has 3 saturated heterocycles. The molecule has 0 bridgehead atoms. The van der Waals surface area contributed by atoms with Crippen molar-refractivity contribution in [1.82, 2.24) is 9.47 Å². The molecule has 390 valence electrons. The van der Waals surface area contributed by atoms with E-state index in [1.54, 1.807) is 6.07 Å². The molecule has 0 amide bonds. The number of carbonyl (C=O) groups is 1. The summed E-state index contributed by atoms with van der Waals surface area (Å²) in [5.74, 6) is -1.68. The number of pyridine rings is 1. The van der Waals surface area contributed by atoms with Gasteiger partial charge < -0.3 is 92.5 Å². The molecule has 3 aliphatic heterocycles. The molecule has 20 nitrogen and oxygen atoms in total. The van der Waals surface area contributed by atoms with Crippen molar-refractivity contribution in [3.05, 3.63) is 45.5 Å². The topological polar surface area (TPSA) is 340 Å². The predicted molar refractivity (Wildman–Crippen MR) is 251 cm³/mol. The van der Waals surface area contributed by atoms with Gasteiger partial charge in [-0.25, -0.2) is 9.18 Å². The minimum absolute atomic E-state index is 0.0475. The maximum absolute atomic E-state index is 15.5. The second-order valence-corrected chi connectivity index (χ2v) is 20.1. The Kier molecular flexibility index (Phi) is 19.4. The van der Waals surface area contributed by atoms with Crippen LogP contribution in [0.25, 0.3) is 10.9 Å². The molecule has 1 aromatic heterocycles. The SMILES string of the molecule is NC[C@H]1O[C@H](O[C@H]2[C@H](OCCCCCCCCCCCCN3CCC(c4cc5c(cc4F)c(=O)c(C(=O)O)cn5C4CC4)CC3)[C@@H](O[C@@H]3O[C@H](CO)[C@@H](O)[C@H](N)[C@H]3O)[C@H](N)C[C@@H]2N)[C@H](N)[C@@H](O)[C@@H]1O. The number of aliphatic hydroxyl groups is 5. The van der Waals surface area contributed by atoms with Crippen molar-refractivity contribution in [2.75, 3.05) is 39.4 Å². The summed E-state index contributed by atoms with van der Waals surface area (Å²) in [6, 6.07) is -0.561. The fraction of sp³-hybridized carbons (Fsp3) is 0.792. The van der Waals surface area contributed by atoms with Gasteiger partial charge in [-0.2, -0.15) is 0 Å². The van der Waals surface area contributed by atoms with Gasteiger partial charge in [-0.05, 0) is 88.2 Å². The van der Waals surface area contributed by atoms with Crippen LogP contribution in [0.3, 0.4) is 0 Å². The number of aliphatic hydroxyl groups excluding tert-OH is 5. The Labute approximate surface area is 402 Å². The van der Waals surface area contributed by atoms with Gasteiger partial charge in [-0.15, -0.1) is 0 Å². The fourth-order valence-electron chi connectivity index (χ4n) is 10.7. The van der Waals surface area contributed by atoms with E-state index < -0.39 is 116 Å². The summed E-state index contributed by atoms with van der Waals surface area (Å²) >= 11 is 0. The monoisotopic (exact) mass is 980 g/mol. The Morgan fingerprint density at radius 1 is 0.739 bits per heavy atom. The number of benzene rings is 1. The van der Waals surface area contributed by atoms with Gasteiger partial charge in [0.25, 0.3) is 0 Å². The molecule has 5 aliphatic rings. The van der Waals surface area contributed by atoms with Gasteiger partial charge >= 0.3 is 5.97 Å². The third kappa shape index (κ3) is 12.9. The number of carboxylic acid groups (broad SMARTS) is 1. The van der Waals surface area contributed by atoms with E-state index in [-0.39, 0.29) is 42.5 Å². The number of nitrogens with two attached hydrogens (primary N) is 5. The van der Waals surface area contributed by atoms with Crippen LogP contribution in [-0.2, 0) is 23.7 Å². The minimum atomic E-state index is -1.47. The Morgan fingerprint density at radius 3 is 1.93 bits per heavy atom. The normalized spacial score (nSPS) is 34.9. The van der Waals surface area contributed by atoms with E-state index in [0.29, 0.717) is 17.5 Å². The van der Waals surface area contributed by atoms with Crippen LogP contribution in [0.4, 0.5) is 4.39 Å². The van der Waals surface area contributed by atoms with Crippen molar-refractivity contribution in [3.8, 4) is 0 Å². The van der Waals surface area contributed by atoms with Crippen LogP contribution in [0.15, 0.2) is 23.1 Å². The number of unbranched alkanes of at least 4 members (excludes halogenated alkanes) is 9. The van der Waals surface area contributed by atoms with Crippen LogP contribution in [0.5, 0.6) is 0 Å². The van der Waals surface area contributed by atoms with Crippen molar-refractivity contribution in [3.63, 3.8) is 0 Å². The lowest BCUT2D eigenvalue weighted by Gasteiger charge is -2.49. The molecule has 1 aromatic carbocycles. The van der Waals surface area contributed by atoms with Gasteiger partial charge in [0.1, 0.15) is 66.3 Å². The van der Waals surface area contributed by atoms with E-state index in [1.807, 2.05) is 4.57 Å². The number of carboxylic acids is 1. The average Bonchev–Trinajstić information content (AvgIpc) is 4.18. The highest BCUT2D eigenvalue weighted by atomic mass is 19.1. The van der Waals surface area contributed by atoms with Crippen LogP contribution in [0.1, 0.15) is 124 Å². The molecule has 21 heteroatoms. The summed E-state index contributed by atoms with van der Waals surface area (Å²) in [6.45, 7) is 2.39. The Balaban J connectivity index is 0.810. The highest BCUT2D eigenvalue weighted by Crippen LogP contribution is 2.39. The van der Waals surface area contributed by atoms with Gasteiger partial charge in [0.05, 0.1) is 24.2 Å². The van der Waals surface area contributed by atoms with Crippen molar-refractivity contribution in [2.45, 2.75) is 200 Å². The van der Waals surface area contributed by atoms with Gasteiger partial charge in [-0.1, -0.05) is 51.4 Å². The lowest BCUT2D eigenvalue weighted by molar-refractivity contribution is -0.322. The maximum atomic E-state index is 15.5. The molecule has 0 spiro atoms. The number of fused-ring (bicyclic) bond motifs is 1. The van der Waals surface area contributed by atoms with Gasteiger partial charge in [-0.3, -0.25) is 4.79 Å². The van der Waals surface area contributed by atoms with Crippen molar-refractivity contribution < 1.29 is 63.5 Å². The largest absolute Gasteiger partial charge is 0.477 e. The number of halogens is 1. The second-order valence-electron chi connectivity index (χ2n) is 20.1. The molecule has 2 saturated carbocycles. The molecular formula is C48H78FN7O13. The standard InChI is InChI=1S/C48H78FN7O13/c49-30-19-28-33(56(26-11-12-26)23-29(38(28)58)46(63)64)20-27(30)25-13-16-55(17-14-25)15-9-7-5-3-1-2-4-6-8-10-18-65-45-43(68-47-37(54)41(61)40(60)34(22-50)66-47)31(51)21-32(52)44(45)69-48-42(62)36(53)39(59)35(24-57)67-48/h19-20,23,25-26,31-32,34-37,39-45,47-48,57,59-62H,1-18,21-22,24,50-54H2,(H,63,64)/t31-,32+,34+,35+,36-,37+,39+,40+,41+,42+,43+,44-,45-,47+,48-/m0/s1. The maximum Gasteiger partial charge on any atom is 0.341 e. The number of rotatable bonds is 23. The molecule has 5 fully saturated rings. The fourth-order valence-corrected chi connectivity index (χ4v) is 10.7. The van der Waals surface area contributed by atoms with Crippen LogP contribution in [0, 0.1) is 5.82 Å². The van der Waals surface area contributed by atoms with E-state index in [1.165, 1.54) is 12.3 Å². The number of nitrogens with zero attached hydrogens (tertiary/aromatic N) is 2. The summed E-state index contributed by atoms with van der Waals surface area (Å²) in [4.78, 5) is 27.1. The summed E-state index contributed by atoms with van der Waals surface area (Å²) in [5.41, 5.74) is 31.6. The summed E-state index contributed by atoms with van der Waals surface area (Å²) in [6.07, 6.45) is 2.62. The number of ether oxygens (including phenoxy) is 5. The molecule has 0 unspecified atom stereocenters. The molecule has 16 N–H and O–H groups in total. The molecule has 7 rings (SSSR count). The highest BCUT2D eigenvalue weighted by Gasteiger charge is 2.52. The van der Waals surface area contributed by atoms with Crippen molar-refractivity contribution in [2.24, 2.45) is 28.7 Å². The zero-order valence-corrected chi connectivity index (χ0v) is 39.6. The van der Waals surface area contributed by atoms with E-state index in [0.717, 1.165) is 103 Å². The highest BCUT2D eigenvalue weighted by molar-refractivity contribution is 5.93. The van der Waals surface area contributed by atoms with Crippen LogP contribution >= 0.6 is 0 Å². The lowest BCUT2D eigenvalue weighted by Crippen LogP contribution is -2.69. The molecule has 0 radical (unpaired) electrons. The first-order valence-electron chi connectivity index (χ1n) is 25.3. The molecular weight excluding hydrogens is 902 g/mol. The Morgan fingerprint density at radius 2 is 1.33 bits per heavy atom. The van der Waals surface area contributed by atoms with Crippen LogP contribution in [-0.4, -0.2) is 177 Å². The quantitative estimate of drug-likeness (QED) is 0.0651. The van der Waals surface area contributed by atoms with E-state index >= 15 is 4.39 Å². The third-order valence-corrected chi connectivity index (χ3v) is 15.1. The number of aromatic carboxylic acids is 1. The zero-order chi connectivity index (χ0) is 49.5. The number of piperidine rings is 1. The average molecular weight is 980 g/mol. The Hall–Kier alpha value is -2.81. The summed E-state index contributed by atoms with van der Waals surface area (Å²) in [7, 11) is 0. The first-order valence-corrected chi connectivity index (χ1v) is 25.3. The lowest BCUT2D eigenvalue weighted by atomic mass is 9.84. The summed E-state index contributed by atoms with van der Waals surface area (Å²) in [5, 5.41) is 61.9. The Bertz CT molecular complexity index is 1980. The van der Waals surface area contributed by atoms with Gasteiger partial charge in [0.15, 0.2) is 12.6 Å². The number of aromatic nitrogens is 1. The number of hydrogen-bond donors (Lipinski definition) is 11. The van der Waals surface area contributed by atoms with E-state index in [4.69, 9.17) is 52.4 Å². The molecule has 2 aromatic rings. The van der Waals surface area contributed by atoms with E-state index in [2.05, 4.69) is 4.90 Å². The molecule has 69 heavy (non-hydrogen) atoms. The van der Waals surface area contributed by atoms with Gasteiger partial charge in [0.2, 0.25) is 5.43 Å². The van der Waals surface area contributed by atoms with Crippen molar-refractivity contribution >= 4 is 16.9 Å². The third-order valence-electron chi connectivity index (χ3n) is 15.1. The van der Waals surface area contributed by atoms with Crippen LogP contribution in [0.2, 0.25) is 0 Å². The van der Waals surface area contributed by atoms with E-state index in [9.17, 15) is 40.2 Å². The van der Waals surface area contributed by atoms with Crippen molar-refractivity contribution in [1.29, 1.82) is 0 Å².